The third-order valence-electron chi connectivity index (χ3n) is 4.00. The number of amides is 1. The van der Waals surface area contributed by atoms with Crippen LogP contribution in [0.2, 0.25) is 0 Å². The smallest absolute Gasteiger partial charge is 0.419 e. The van der Waals surface area contributed by atoms with Gasteiger partial charge in [0.1, 0.15) is 11.3 Å². The van der Waals surface area contributed by atoms with E-state index in [1.54, 1.807) is 22.6 Å². The van der Waals surface area contributed by atoms with Gasteiger partial charge < -0.3 is 9.84 Å². The predicted molar refractivity (Wildman–Crippen MR) is 84.0 cm³/mol. The fourth-order valence-electron chi connectivity index (χ4n) is 2.82. The van der Waals surface area contributed by atoms with Crippen molar-refractivity contribution < 1.29 is 23.1 Å². The number of hydrogen-bond acceptors (Lipinski definition) is 6. The molecule has 1 saturated heterocycles. The Morgan fingerprint density at radius 1 is 1.38 bits per heavy atom. The highest BCUT2D eigenvalue weighted by Gasteiger charge is 2.30. The minimum atomic E-state index is -4.00. The summed E-state index contributed by atoms with van der Waals surface area (Å²) in [4.78, 5) is 10.6. The normalized spacial score (nSPS) is 17.0. The lowest BCUT2D eigenvalue weighted by atomic mass is 10.1. The number of carboxylic acid groups (broad SMARTS) is 1. The highest BCUT2D eigenvalue weighted by atomic mass is 32.2. The zero-order valence-corrected chi connectivity index (χ0v) is 13.7. The van der Waals surface area contributed by atoms with Crippen molar-refractivity contribution in [3.8, 4) is 5.75 Å². The Hall–Kier alpha value is -2.40. The number of methoxy groups -OCH3 is 1. The standard InChI is InChI=1S/C13H17N5O5S/c1-23-10-2-3-12-11(8-10)14-16-18(12)9-4-6-17(7-5-9)24(21,22)15-13(19)20/h2-3,8-9,15H,4-7H2,1H3,(H,19,20). The monoisotopic (exact) mass is 355 g/mol. The van der Waals surface area contributed by atoms with E-state index < -0.39 is 16.3 Å². The van der Waals surface area contributed by atoms with Crippen LogP contribution in [0.15, 0.2) is 18.2 Å². The summed E-state index contributed by atoms with van der Waals surface area (Å²) < 4.78 is 33.3. The molecule has 1 aromatic heterocycles. The van der Waals surface area contributed by atoms with Gasteiger partial charge in [0.2, 0.25) is 0 Å². The first-order valence-electron chi connectivity index (χ1n) is 7.30. The van der Waals surface area contributed by atoms with Gasteiger partial charge in [-0.25, -0.2) is 14.2 Å². The minimum absolute atomic E-state index is 0.000303. The third kappa shape index (κ3) is 3.12. The molecule has 1 fully saturated rings. The zero-order chi connectivity index (χ0) is 17.3. The summed E-state index contributed by atoms with van der Waals surface area (Å²) in [6.45, 7) is 0.426. The summed E-state index contributed by atoms with van der Waals surface area (Å²) in [5.41, 5.74) is 1.55. The van der Waals surface area contributed by atoms with Crippen molar-refractivity contribution in [2.24, 2.45) is 0 Å². The Balaban J connectivity index is 1.74. The number of hydrogen-bond donors (Lipinski definition) is 2. The van der Waals surface area contributed by atoms with Crippen molar-refractivity contribution in [2.75, 3.05) is 20.2 Å². The maximum atomic E-state index is 11.9. The predicted octanol–water partition coefficient (Wildman–Crippen LogP) is 0.589. The number of piperidine rings is 1. The van der Waals surface area contributed by atoms with Gasteiger partial charge in [-0.15, -0.1) is 5.10 Å². The Kier molecular flexibility index (Phi) is 4.28. The highest BCUT2D eigenvalue weighted by molar-refractivity contribution is 7.87. The molecule has 1 aliphatic rings. The quantitative estimate of drug-likeness (QED) is 0.821. The van der Waals surface area contributed by atoms with Crippen LogP contribution in [-0.4, -0.2) is 59.1 Å². The Morgan fingerprint density at radius 2 is 2.08 bits per heavy atom. The van der Waals surface area contributed by atoms with Crippen LogP contribution in [0.5, 0.6) is 5.75 Å². The molecule has 0 bridgehead atoms. The zero-order valence-electron chi connectivity index (χ0n) is 12.9. The molecule has 0 saturated carbocycles. The molecule has 0 spiro atoms. The van der Waals surface area contributed by atoms with E-state index >= 15 is 0 Å². The molecule has 0 aliphatic carbocycles. The number of nitrogens with zero attached hydrogens (tertiary/aromatic N) is 4. The highest BCUT2D eigenvalue weighted by Crippen LogP contribution is 2.27. The Labute approximate surface area is 138 Å². The van der Waals surface area contributed by atoms with E-state index in [2.05, 4.69) is 10.3 Å². The average Bonchev–Trinajstić information content (AvgIpc) is 2.96. The molecule has 0 unspecified atom stereocenters. The average molecular weight is 355 g/mol. The summed E-state index contributed by atoms with van der Waals surface area (Å²) in [7, 11) is -2.43. The largest absolute Gasteiger partial charge is 0.497 e. The number of rotatable bonds is 4. The second kappa shape index (κ2) is 6.24. The van der Waals surface area contributed by atoms with E-state index in [9.17, 15) is 13.2 Å². The van der Waals surface area contributed by atoms with E-state index in [1.807, 2.05) is 12.1 Å². The van der Waals surface area contributed by atoms with Gasteiger partial charge in [0, 0.05) is 19.2 Å². The lowest BCUT2D eigenvalue weighted by molar-refractivity contribution is 0.199. The van der Waals surface area contributed by atoms with Crippen LogP contribution < -0.4 is 9.46 Å². The molecular formula is C13H17N5O5S. The molecule has 0 radical (unpaired) electrons. The number of ether oxygens (including phenoxy) is 1. The summed E-state index contributed by atoms with van der Waals surface area (Å²) in [6, 6.07) is 5.47. The van der Waals surface area contributed by atoms with Gasteiger partial charge in [0.15, 0.2) is 0 Å². The topological polar surface area (TPSA) is 127 Å². The van der Waals surface area contributed by atoms with E-state index in [4.69, 9.17) is 9.84 Å². The molecule has 2 aromatic rings. The van der Waals surface area contributed by atoms with Gasteiger partial charge in [-0.05, 0) is 25.0 Å². The van der Waals surface area contributed by atoms with Crippen molar-refractivity contribution in [2.45, 2.75) is 18.9 Å². The van der Waals surface area contributed by atoms with Gasteiger partial charge in [-0.3, -0.25) is 0 Å². The maximum Gasteiger partial charge on any atom is 0.419 e. The van der Waals surface area contributed by atoms with Gasteiger partial charge in [-0.2, -0.15) is 12.7 Å². The molecule has 1 amide bonds. The Morgan fingerprint density at radius 3 is 2.71 bits per heavy atom. The van der Waals surface area contributed by atoms with Gasteiger partial charge in [0.05, 0.1) is 18.7 Å². The maximum absolute atomic E-state index is 11.9. The fourth-order valence-corrected chi connectivity index (χ4v) is 3.86. The molecule has 3 rings (SSSR count). The molecule has 10 nitrogen and oxygen atoms in total. The first-order chi connectivity index (χ1) is 11.4. The van der Waals surface area contributed by atoms with Crippen molar-refractivity contribution >= 4 is 27.3 Å². The molecular weight excluding hydrogens is 338 g/mol. The molecule has 1 aromatic carbocycles. The molecule has 130 valence electrons. The number of benzene rings is 1. The number of fused-ring (bicyclic) bond motifs is 1. The molecule has 24 heavy (non-hydrogen) atoms. The third-order valence-corrected chi connectivity index (χ3v) is 5.48. The van der Waals surface area contributed by atoms with Crippen LogP contribution in [-0.2, 0) is 10.2 Å². The molecule has 11 heteroatoms. The summed E-state index contributed by atoms with van der Waals surface area (Å²) in [6.07, 6.45) is -0.552. The second-order valence-corrected chi connectivity index (χ2v) is 7.10. The molecule has 1 aliphatic heterocycles. The lowest BCUT2D eigenvalue weighted by Gasteiger charge is -2.30. The van der Waals surface area contributed by atoms with Crippen molar-refractivity contribution in [1.82, 2.24) is 24.0 Å². The van der Waals surface area contributed by atoms with Gasteiger partial charge in [-0.1, -0.05) is 5.21 Å². The van der Waals surface area contributed by atoms with E-state index in [0.717, 1.165) is 9.82 Å². The molecule has 0 atom stereocenters. The van der Waals surface area contributed by atoms with Crippen LogP contribution >= 0.6 is 0 Å². The Bertz CT molecular complexity index is 857. The number of carbonyl (C=O) groups is 1. The van der Waals surface area contributed by atoms with Crippen molar-refractivity contribution in [3.63, 3.8) is 0 Å². The van der Waals surface area contributed by atoms with E-state index in [1.165, 1.54) is 0 Å². The molecule has 2 heterocycles. The van der Waals surface area contributed by atoms with Crippen LogP contribution in [0, 0.1) is 0 Å². The van der Waals surface area contributed by atoms with Crippen molar-refractivity contribution in [3.05, 3.63) is 18.2 Å². The number of nitrogens with one attached hydrogen (secondary N) is 1. The van der Waals surface area contributed by atoms with Gasteiger partial charge in [0.25, 0.3) is 0 Å². The van der Waals surface area contributed by atoms with E-state index in [-0.39, 0.29) is 19.1 Å². The van der Waals surface area contributed by atoms with Crippen LogP contribution in [0.4, 0.5) is 4.79 Å². The molecule has 2 N–H and O–H groups in total. The summed E-state index contributed by atoms with van der Waals surface area (Å²) in [5, 5.41) is 16.9. The van der Waals surface area contributed by atoms with Crippen molar-refractivity contribution in [1.29, 1.82) is 0 Å². The SMILES string of the molecule is COc1ccc2c(c1)nnn2C1CCN(S(=O)(=O)NC(=O)O)CC1. The first-order valence-corrected chi connectivity index (χ1v) is 8.74. The summed E-state index contributed by atoms with van der Waals surface area (Å²) >= 11 is 0. The van der Waals surface area contributed by atoms with E-state index in [0.29, 0.717) is 24.1 Å². The summed E-state index contributed by atoms with van der Waals surface area (Å²) in [5.74, 6) is 0.690. The van der Waals surface area contributed by atoms with Crippen LogP contribution in [0.25, 0.3) is 11.0 Å². The first kappa shape index (κ1) is 16.5. The van der Waals surface area contributed by atoms with Crippen LogP contribution in [0.1, 0.15) is 18.9 Å². The lowest BCUT2D eigenvalue weighted by Crippen LogP contribution is -2.46. The minimum Gasteiger partial charge on any atom is -0.497 e. The second-order valence-electron chi connectivity index (χ2n) is 5.43. The fraction of sp³-hybridized carbons (Fsp3) is 0.462. The van der Waals surface area contributed by atoms with Gasteiger partial charge >= 0.3 is 16.3 Å². The van der Waals surface area contributed by atoms with Crippen LogP contribution in [0.3, 0.4) is 0 Å². The number of aromatic nitrogens is 3.